The zero-order valence-electron chi connectivity index (χ0n) is 4.23. The number of allylic oxidation sites excluding steroid dienone is 1. The monoisotopic (exact) mass is 120 g/mol. The maximum absolute atomic E-state index is 11.1. The second-order valence-corrected chi connectivity index (χ2v) is 1.24. The van der Waals surface area contributed by atoms with E-state index in [2.05, 4.69) is 0 Å². The second-order valence-electron chi connectivity index (χ2n) is 1.24. The van der Waals surface area contributed by atoms with E-state index in [0.717, 1.165) is 6.08 Å². The fourth-order valence-corrected chi connectivity index (χ4v) is 0.260. The van der Waals surface area contributed by atoms with Crippen molar-refractivity contribution in [1.82, 2.24) is 0 Å². The molecule has 1 nitrogen and oxygen atoms in total. The van der Waals surface area contributed by atoms with E-state index in [1.165, 1.54) is 0 Å². The first-order valence-corrected chi connectivity index (χ1v) is 2.22. The van der Waals surface area contributed by atoms with Gasteiger partial charge in [0.1, 0.15) is 6.29 Å². The van der Waals surface area contributed by atoms with Crippen LogP contribution in [0, 0.1) is 0 Å². The van der Waals surface area contributed by atoms with Gasteiger partial charge in [-0.3, -0.25) is 0 Å². The van der Waals surface area contributed by atoms with Crippen molar-refractivity contribution in [3.63, 3.8) is 0 Å². The molecule has 0 aromatic rings. The highest BCUT2D eigenvalue weighted by molar-refractivity contribution is 5.49. The van der Waals surface area contributed by atoms with Crippen molar-refractivity contribution in [2.24, 2.45) is 0 Å². The third-order valence-corrected chi connectivity index (χ3v) is 0.583. The van der Waals surface area contributed by atoms with Gasteiger partial charge in [0, 0.05) is 6.42 Å². The van der Waals surface area contributed by atoms with Crippen molar-refractivity contribution in [3.8, 4) is 0 Å². The average Bonchev–Trinajstić information content (AvgIpc) is 1.66. The van der Waals surface area contributed by atoms with E-state index in [9.17, 15) is 13.6 Å². The molecule has 0 amide bonds. The molecule has 0 rings (SSSR count). The van der Waals surface area contributed by atoms with Gasteiger partial charge in [-0.2, -0.15) is 8.78 Å². The Kier molecular flexibility index (Phi) is 4.03. The molecule has 46 valence electrons. The standard InChI is InChI=1S/C5H6F2O/c6-5(7)3-1-2-4-8/h3-4H,1-2H2. The lowest BCUT2D eigenvalue weighted by molar-refractivity contribution is -0.107. The zero-order chi connectivity index (χ0) is 6.41. The largest absolute Gasteiger partial charge is 0.303 e. The van der Waals surface area contributed by atoms with E-state index in [0.29, 0.717) is 6.29 Å². The summed E-state index contributed by atoms with van der Waals surface area (Å²) in [4.78, 5) is 9.51. The Balaban J connectivity index is 3.15. The molecule has 0 unspecified atom stereocenters. The molecule has 0 aliphatic heterocycles. The fourth-order valence-electron chi connectivity index (χ4n) is 0.260. The van der Waals surface area contributed by atoms with Gasteiger partial charge in [0.05, 0.1) is 0 Å². The van der Waals surface area contributed by atoms with Crippen LogP contribution in [0.4, 0.5) is 8.78 Å². The van der Waals surface area contributed by atoms with Crippen LogP contribution in [0.5, 0.6) is 0 Å². The smallest absolute Gasteiger partial charge is 0.266 e. The molecule has 0 aliphatic carbocycles. The molecule has 0 N–H and O–H groups in total. The summed E-state index contributed by atoms with van der Waals surface area (Å²) in [5.74, 6) is 0. The predicted octanol–water partition coefficient (Wildman–Crippen LogP) is 1.75. The number of halogens is 2. The summed E-state index contributed by atoms with van der Waals surface area (Å²) in [6.07, 6.45) is -0.0522. The Bertz CT molecular complexity index is 94.6. The van der Waals surface area contributed by atoms with Gasteiger partial charge < -0.3 is 4.79 Å². The summed E-state index contributed by atoms with van der Waals surface area (Å²) in [7, 11) is 0. The minimum atomic E-state index is -1.72. The molecule has 0 atom stereocenters. The highest BCUT2D eigenvalue weighted by atomic mass is 19.3. The van der Waals surface area contributed by atoms with Crippen LogP contribution < -0.4 is 0 Å². The Morgan fingerprint density at radius 2 is 2.00 bits per heavy atom. The summed E-state index contributed by atoms with van der Waals surface area (Å²) in [6.45, 7) is 0. The summed E-state index contributed by atoms with van der Waals surface area (Å²) in [5, 5.41) is 0. The number of rotatable bonds is 3. The molecular weight excluding hydrogens is 114 g/mol. The highest BCUT2D eigenvalue weighted by Crippen LogP contribution is 1.99. The molecule has 0 bridgehead atoms. The Hall–Kier alpha value is -0.730. The SMILES string of the molecule is O=CCCC=C(F)F. The van der Waals surface area contributed by atoms with Gasteiger partial charge in [-0.05, 0) is 12.5 Å². The minimum absolute atomic E-state index is 0.145. The summed E-state index contributed by atoms with van der Waals surface area (Å²) in [5.41, 5.74) is 0. The van der Waals surface area contributed by atoms with Crippen LogP contribution in [0.25, 0.3) is 0 Å². The first-order valence-electron chi connectivity index (χ1n) is 2.22. The predicted molar refractivity (Wildman–Crippen MR) is 25.6 cm³/mol. The van der Waals surface area contributed by atoms with Crippen LogP contribution in [0.3, 0.4) is 0 Å². The van der Waals surface area contributed by atoms with Gasteiger partial charge in [-0.1, -0.05) is 0 Å². The van der Waals surface area contributed by atoms with Crippen molar-refractivity contribution >= 4 is 6.29 Å². The normalized spacial score (nSPS) is 8.25. The number of carbonyl (C=O) groups excluding carboxylic acids is 1. The third kappa shape index (κ3) is 5.27. The Labute approximate surface area is 46.0 Å². The van der Waals surface area contributed by atoms with Crippen molar-refractivity contribution in [1.29, 1.82) is 0 Å². The summed E-state index contributed by atoms with van der Waals surface area (Å²) in [6, 6.07) is 0. The summed E-state index contributed by atoms with van der Waals surface area (Å²) >= 11 is 0. The van der Waals surface area contributed by atoms with Crippen molar-refractivity contribution in [2.75, 3.05) is 0 Å². The lowest BCUT2D eigenvalue weighted by atomic mass is 10.3. The van der Waals surface area contributed by atoms with Gasteiger partial charge in [0.25, 0.3) is 6.08 Å². The van der Waals surface area contributed by atoms with Crippen molar-refractivity contribution in [2.45, 2.75) is 12.8 Å². The molecule has 0 saturated heterocycles. The van der Waals surface area contributed by atoms with E-state index in [1.807, 2.05) is 0 Å². The molecule has 0 saturated carbocycles. The van der Waals surface area contributed by atoms with E-state index >= 15 is 0 Å². The van der Waals surface area contributed by atoms with Crippen LogP contribution in [0.1, 0.15) is 12.8 Å². The van der Waals surface area contributed by atoms with Crippen LogP contribution in [-0.4, -0.2) is 6.29 Å². The van der Waals surface area contributed by atoms with Crippen molar-refractivity contribution < 1.29 is 13.6 Å². The van der Waals surface area contributed by atoms with Gasteiger partial charge in [-0.25, -0.2) is 0 Å². The van der Waals surface area contributed by atoms with E-state index in [4.69, 9.17) is 0 Å². The molecule has 0 radical (unpaired) electrons. The molecule has 0 aromatic heterocycles. The van der Waals surface area contributed by atoms with Crippen LogP contribution in [0.15, 0.2) is 12.2 Å². The van der Waals surface area contributed by atoms with Crippen LogP contribution in [-0.2, 0) is 4.79 Å². The lowest BCUT2D eigenvalue weighted by Gasteiger charge is -1.78. The average molecular weight is 120 g/mol. The molecule has 0 aliphatic rings. The minimum Gasteiger partial charge on any atom is -0.303 e. The molecule has 0 aromatic carbocycles. The van der Waals surface area contributed by atoms with Gasteiger partial charge >= 0.3 is 0 Å². The van der Waals surface area contributed by atoms with Crippen LogP contribution in [0.2, 0.25) is 0 Å². The zero-order valence-corrected chi connectivity index (χ0v) is 4.23. The topological polar surface area (TPSA) is 17.1 Å². The highest BCUT2D eigenvalue weighted by Gasteiger charge is 1.84. The number of carbonyl (C=O) groups is 1. The summed E-state index contributed by atoms with van der Waals surface area (Å²) < 4.78 is 22.2. The lowest BCUT2D eigenvalue weighted by Crippen LogP contribution is -1.70. The molecule has 3 heteroatoms. The molecule has 0 heterocycles. The quantitative estimate of drug-likeness (QED) is 0.409. The number of hydrogen-bond donors (Lipinski definition) is 0. The van der Waals surface area contributed by atoms with E-state index in [1.54, 1.807) is 0 Å². The molecule has 0 fully saturated rings. The third-order valence-electron chi connectivity index (χ3n) is 0.583. The van der Waals surface area contributed by atoms with E-state index in [-0.39, 0.29) is 12.8 Å². The Morgan fingerprint density at radius 1 is 1.38 bits per heavy atom. The first kappa shape index (κ1) is 7.27. The second kappa shape index (κ2) is 4.43. The maximum atomic E-state index is 11.1. The molecule has 0 spiro atoms. The number of hydrogen-bond acceptors (Lipinski definition) is 1. The fraction of sp³-hybridized carbons (Fsp3) is 0.400. The number of aldehydes is 1. The molecular formula is C5H6F2O. The van der Waals surface area contributed by atoms with Crippen LogP contribution >= 0.6 is 0 Å². The molecule has 8 heavy (non-hydrogen) atoms. The first-order chi connectivity index (χ1) is 3.77. The maximum Gasteiger partial charge on any atom is 0.266 e. The van der Waals surface area contributed by atoms with Gasteiger partial charge in [0.2, 0.25) is 0 Å². The van der Waals surface area contributed by atoms with E-state index < -0.39 is 6.08 Å². The van der Waals surface area contributed by atoms with Gasteiger partial charge in [-0.15, -0.1) is 0 Å². The van der Waals surface area contributed by atoms with Crippen molar-refractivity contribution in [3.05, 3.63) is 12.2 Å². The van der Waals surface area contributed by atoms with Gasteiger partial charge in [0.15, 0.2) is 0 Å². The number of unbranched alkanes of at least 4 members (excludes halogenated alkanes) is 1. The Morgan fingerprint density at radius 3 is 2.38 bits per heavy atom.